The summed E-state index contributed by atoms with van der Waals surface area (Å²) in [4.78, 5) is 14.5. The second-order valence-electron chi connectivity index (χ2n) is 3.70. The lowest BCUT2D eigenvalue weighted by Gasteiger charge is -2.06. The zero-order chi connectivity index (χ0) is 11.5. The molecule has 3 rings (SSSR count). The Kier molecular flexibility index (Phi) is 2.81. The Morgan fingerprint density at radius 1 is 1.44 bits per heavy atom. The lowest BCUT2D eigenvalue weighted by Crippen LogP contribution is -2.24. The van der Waals surface area contributed by atoms with Crippen molar-refractivity contribution in [3.05, 3.63) is 30.4 Å². The molecule has 0 bridgehead atoms. The molecule has 0 unspecified atom stereocenters. The van der Waals surface area contributed by atoms with E-state index in [0.29, 0.717) is 6.42 Å². The van der Waals surface area contributed by atoms with Gasteiger partial charge < -0.3 is 0 Å². The fraction of sp³-hybridized carbons (Fsp3) is 0.250. The molecule has 0 fully saturated rings. The smallest absolute Gasteiger partial charge is 0.240 e. The Balaban J connectivity index is 0.000000123. The maximum Gasteiger partial charge on any atom is 0.240 e. The van der Waals surface area contributed by atoms with E-state index in [9.17, 15) is 4.79 Å². The molecule has 0 aromatic carbocycles. The Bertz CT molecular complexity index is 477. The molecule has 82 valence electrons. The fourth-order valence-corrected chi connectivity index (χ4v) is 1.42. The van der Waals surface area contributed by atoms with Crippen molar-refractivity contribution in [1.29, 1.82) is 0 Å². The van der Waals surface area contributed by atoms with Crippen LogP contribution < -0.4 is 5.43 Å². The van der Waals surface area contributed by atoms with Gasteiger partial charge in [-0.25, -0.2) is 10.4 Å². The van der Waals surface area contributed by atoms with Crippen molar-refractivity contribution >= 4 is 11.6 Å². The summed E-state index contributed by atoms with van der Waals surface area (Å²) < 4.78 is 0. The van der Waals surface area contributed by atoms with Crippen LogP contribution in [0.5, 0.6) is 0 Å². The third-order valence-corrected chi connectivity index (χ3v) is 2.46. The molecule has 0 aromatic rings. The summed E-state index contributed by atoms with van der Waals surface area (Å²) in [6.07, 6.45) is 2.90. The van der Waals surface area contributed by atoms with Crippen molar-refractivity contribution in [2.45, 2.75) is 19.8 Å². The lowest BCUT2D eigenvalue weighted by molar-refractivity contribution is -0.121. The summed E-state index contributed by atoms with van der Waals surface area (Å²) in [5.74, 6) is -0.0133. The normalized spacial score (nSPS) is 15.3. The number of nitrogens with one attached hydrogen (secondary N) is 1. The molecule has 1 N–H and O–H groups in total. The van der Waals surface area contributed by atoms with Crippen LogP contribution >= 0.6 is 0 Å². The van der Waals surface area contributed by atoms with Crippen LogP contribution in [0.2, 0.25) is 0 Å². The Labute approximate surface area is 94.1 Å². The molecular formula is C12H13N3O. The number of aromatic nitrogens is 1. The van der Waals surface area contributed by atoms with Crippen molar-refractivity contribution in [3.63, 3.8) is 0 Å². The SMILES string of the molecule is C=CC1=NNC(=O)CC1.Cc1ccc2nc1-2. The first kappa shape index (κ1) is 10.5. The molecule has 0 aromatic heterocycles. The molecule has 3 aliphatic rings. The topological polar surface area (TPSA) is 54.4 Å². The highest BCUT2D eigenvalue weighted by molar-refractivity contribution is 5.99. The highest BCUT2D eigenvalue weighted by Crippen LogP contribution is 2.30. The van der Waals surface area contributed by atoms with E-state index in [1.165, 1.54) is 17.0 Å². The van der Waals surface area contributed by atoms with Gasteiger partial charge in [0.05, 0.1) is 17.1 Å². The van der Waals surface area contributed by atoms with Gasteiger partial charge in [-0.05, 0) is 24.6 Å². The van der Waals surface area contributed by atoms with Gasteiger partial charge in [-0.2, -0.15) is 5.10 Å². The van der Waals surface area contributed by atoms with Gasteiger partial charge in [0, 0.05) is 12.8 Å². The first-order chi connectivity index (χ1) is 7.70. The van der Waals surface area contributed by atoms with Crippen LogP contribution in [-0.2, 0) is 4.79 Å². The molecule has 16 heavy (non-hydrogen) atoms. The summed E-state index contributed by atoms with van der Waals surface area (Å²) in [6.45, 7) is 5.61. The Morgan fingerprint density at radius 3 is 2.56 bits per heavy atom. The monoisotopic (exact) mass is 215 g/mol. The zero-order valence-corrected chi connectivity index (χ0v) is 9.16. The minimum absolute atomic E-state index is 0.0133. The largest absolute Gasteiger partial charge is 0.273 e. The average molecular weight is 215 g/mol. The first-order valence-corrected chi connectivity index (χ1v) is 5.16. The number of nitrogens with zero attached hydrogens (tertiary/aromatic N) is 2. The van der Waals surface area contributed by atoms with E-state index in [1.807, 2.05) is 6.07 Å². The number of amides is 1. The Morgan fingerprint density at radius 2 is 2.25 bits per heavy atom. The number of hydrazone groups is 1. The zero-order valence-electron chi connectivity index (χ0n) is 9.16. The number of fused-ring (bicyclic) bond motifs is 1. The predicted molar refractivity (Wildman–Crippen MR) is 63.0 cm³/mol. The molecule has 4 nitrogen and oxygen atoms in total. The van der Waals surface area contributed by atoms with Crippen molar-refractivity contribution in [2.24, 2.45) is 5.10 Å². The van der Waals surface area contributed by atoms with E-state index in [1.54, 1.807) is 6.08 Å². The third-order valence-electron chi connectivity index (χ3n) is 2.46. The number of carbonyl (C=O) groups excluding carboxylic acids is 1. The summed E-state index contributed by atoms with van der Waals surface area (Å²) >= 11 is 0. The van der Waals surface area contributed by atoms with E-state index >= 15 is 0 Å². The average Bonchev–Trinajstić information content (AvgIpc) is 3.00. The van der Waals surface area contributed by atoms with E-state index in [4.69, 9.17) is 0 Å². The van der Waals surface area contributed by atoms with Gasteiger partial charge in [0.25, 0.3) is 0 Å². The van der Waals surface area contributed by atoms with Crippen LogP contribution in [0, 0.1) is 6.92 Å². The van der Waals surface area contributed by atoms with Crippen molar-refractivity contribution in [3.8, 4) is 11.4 Å². The van der Waals surface area contributed by atoms with Gasteiger partial charge in [-0.15, -0.1) is 0 Å². The van der Waals surface area contributed by atoms with Gasteiger partial charge in [-0.1, -0.05) is 12.6 Å². The minimum atomic E-state index is -0.0133. The molecular weight excluding hydrogens is 202 g/mol. The molecule has 0 saturated heterocycles. The van der Waals surface area contributed by atoms with E-state index in [-0.39, 0.29) is 5.91 Å². The van der Waals surface area contributed by atoms with E-state index in [2.05, 4.69) is 35.1 Å². The summed E-state index contributed by atoms with van der Waals surface area (Å²) in [5.41, 5.74) is 6.95. The Hall–Kier alpha value is -1.97. The summed E-state index contributed by atoms with van der Waals surface area (Å²) in [7, 11) is 0. The second kappa shape index (κ2) is 4.26. The van der Waals surface area contributed by atoms with Crippen LogP contribution in [0.25, 0.3) is 11.4 Å². The number of hydrogen-bond donors (Lipinski definition) is 1. The summed E-state index contributed by atoms with van der Waals surface area (Å²) in [5, 5.41) is 3.73. The standard InChI is InChI=1S/C6H8N2O.C6H5N/c1-2-5-3-4-6(9)8-7-5;1-4-2-3-5-6(4)7-5/h2H,1,3-4H2,(H,8,9);2-3H,1H3. The number of carbonyl (C=O) groups is 1. The number of aryl methyl sites for hydroxylation is 1. The van der Waals surface area contributed by atoms with E-state index < -0.39 is 0 Å². The van der Waals surface area contributed by atoms with Gasteiger partial charge in [0.2, 0.25) is 5.91 Å². The maximum atomic E-state index is 10.5. The molecule has 0 radical (unpaired) electrons. The number of allylic oxidation sites excluding steroid dienone is 1. The number of rotatable bonds is 1. The predicted octanol–water partition coefficient (Wildman–Crippen LogP) is 1.81. The number of hydrogen-bond acceptors (Lipinski definition) is 3. The number of pyridine rings is 1. The van der Waals surface area contributed by atoms with Crippen LogP contribution in [0.3, 0.4) is 0 Å². The van der Waals surface area contributed by atoms with Gasteiger partial charge in [-0.3, -0.25) is 4.79 Å². The molecule has 1 amide bonds. The molecule has 0 spiro atoms. The first-order valence-electron chi connectivity index (χ1n) is 5.16. The van der Waals surface area contributed by atoms with Crippen LogP contribution in [0.4, 0.5) is 0 Å². The second-order valence-corrected chi connectivity index (χ2v) is 3.70. The van der Waals surface area contributed by atoms with Gasteiger partial charge in [0.15, 0.2) is 0 Å². The molecule has 2 aliphatic heterocycles. The molecule has 2 heterocycles. The molecule has 0 atom stereocenters. The fourth-order valence-electron chi connectivity index (χ4n) is 1.42. The lowest BCUT2D eigenvalue weighted by atomic mass is 10.2. The van der Waals surface area contributed by atoms with Crippen LogP contribution in [0.1, 0.15) is 18.4 Å². The molecule has 0 saturated carbocycles. The quantitative estimate of drug-likeness (QED) is 0.788. The highest BCUT2D eigenvalue weighted by atomic mass is 16.2. The highest BCUT2D eigenvalue weighted by Gasteiger charge is 2.16. The van der Waals surface area contributed by atoms with Gasteiger partial charge in [0.1, 0.15) is 0 Å². The van der Waals surface area contributed by atoms with E-state index in [0.717, 1.165) is 12.1 Å². The van der Waals surface area contributed by atoms with Crippen molar-refractivity contribution in [1.82, 2.24) is 10.4 Å². The minimum Gasteiger partial charge on any atom is -0.273 e. The van der Waals surface area contributed by atoms with Crippen LogP contribution in [0.15, 0.2) is 29.9 Å². The third kappa shape index (κ3) is 2.34. The van der Waals surface area contributed by atoms with Crippen molar-refractivity contribution < 1.29 is 4.79 Å². The summed E-state index contributed by atoms with van der Waals surface area (Å²) in [6, 6.07) is 4.14. The maximum absolute atomic E-state index is 10.5. The van der Waals surface area contributed by atoms with Gasteiger partial charge >= 0.3 is 0 Å². The van der Waals surface area contributed by atoms with Crippen LogP contribution in [-0.4, -0.2) is 16.6 Å². The van der Waals surface area contributed by atoms with Crippen molar-refractivity contribution in [2.75, 3.05) is 0 Å². The molecule has 1 aliphatic carbocycles. The molecule has 4 heteroatoms.